The van der Waals surface area contributed by atoms with Gasteiger partial charge in [-0.25, -0.2) is 0 Å². The second-order valence-electron chi connectivity index (χ2n) is 4.72. The highest BCUT2D eigenvalue weighted by molar-refractivity contribution is 9.10. The number of nitrogens with one attached hydrogen (secondary N) is 2. The third-order valence-electron chi connectivity index (χ3n) is 3.12. The monoisotopic (exact) mass is 345 g/mol. The number of rotatable bonds is 5. The predicted octanol–water partition coefficient (Wildman–Crippen LogP) is 3.36. The van der Waals surface area contributed by atoms with Gasteiger partial charge in [-0.3, -0.25) is 4.99 Å². The van der Waals surface area contributed by atoms with Crippen molar-refractivity contribution in [3.05, 3.63) is 70.2 Å². The van der Waals surface area contributed by atoms with Crippen LogP contribution in [0.4, 0.5) is 0 Å². The fourth-order valence-corrected chi connectivity index (χ4v) is 2.47. The summed E-state index contributed by atoms with van der Waals surface area (Å²) >= 11 is 3.48. The van der Waals surface area contributed by atoms with Crippen molar-refractivity contribution in [3.63, 3.8) is 0 Å². The van der Waals surface area contributed by atoms with Gasteiger partial charge in [0.05, 0.1) is 0 Å². The lowest BCUT2D eigenvalue weighted by molar-refractivity contribution is 0.794. The Bertz CT molecular complexity index is 582. The molecular formula is C17H20BrN3. The molecule has 2 N–H and O–H groups in total. The van der Waals surface area contributed by atoms with Crippen molar-refractivity contribution < 1.29 is 0 Å². The van der Waals surface area contributed by atoms with Crippen molar-refractivity contribution in [2.24, 2.45) is 4.99 Å². The fraction of sp³-hybridized carbons (Fsp3) is 0.235. The van der Waals surface area contributed by atoms with Crippen molar-refractivity contribution in [2.45, 2.75) is 13.0 Å². The van der Waals surface area contributed by atoms with Gasteiger partial charge in [-0.15, -0.1) is 0 Å². The topological polar surface area (TPSA) is 36.4 Å². The van der Waals surface area contributed by atoms with Gasteiger partial charge in [-0.2, -0.15) is 0 Å². The molecule has 0 radical (unpaired) electrons. The number of guanidine groups is 1. The molecule has 2 aromatic carbocycles. The second-order valence-corrected chi connectivity index (χ2v) is 5.63. The Morgan fingerprint density at radius 3 is 2.48 bits per heavy atom. The molecule has 0 aliphatic carbocycles. The maximum Gasteiger partial charge on any atom is 0.191 e. The van der Waals surface area contributed by atoms with E-state index in [1.165, 1.54) is 11.1 Å². The highest BCUT2D eigenvalue weighted by Crippen LogP contribution is 2.11. The molecule has 21 heavy (non-hydrogen) atoms. The summed E-state index contributed by atoms with van der Waals surface area (Å²) in [5.74, 6) is 0.825. The van der Waals surface area contributed by atoms with Gasteiger partial charge in [-0.05, 0) is 29.7 Å². The number of aliphatic imine (C=N–C) groups is 1. The zero-order chi connectivity index (χ0) is 14.9. The van der Waals surface area contributed by atoms with E-state index in [1.54, 1.807) is 7.05 Å². The molecule has 0 fully saturated rings. The lowest BCUT2D eigenvalue weighted by Gasteiger charge is -2.12. The van der Waals surface area contributed by atoms with E-state index >= 15 is 0 Å². The first kappa shape index (κ1) is 15.6. The van der Waals surface area contributed by atoms with Gasteiger partial charge in [-0.1, -0.05) is 58.4 Å². The summed E-state index contributed by atoms with van der Waals surface area (Å²) in [6.07, 6.45) is 0.985. The van der Waals surface area contributed by atoms with Crippen LogP contribution in [0.3, 0.4) is 0 Å². The van der Waals surface area contributed by atoms with Gasteiger partial charge < -0.3 is 10.6 Å². The Hall–Kier alpha value is -1.81. The average molecular weight is 346 g/mol. The molecule has 0 aliphatic heterocycles. The molecule has 0 bridgehead atoms. The van der Waals surface area contributed by atoms with Gasteiger partial charge in [0, 0.05) is 24.6 Å². The van der Waals surface area contributed by atoms with Gasteiger partial charge in [0.25, 0.3) is 0 Å². The molecule has 0 spiro atoms. The minimum Gasteiger partial charge on any atom is -0.356 e. The van der Waals surface area contributed by atoms with Gasteiger partial charge in [0.1, 0.15) is 0 Å². The third-order valence-corrected chi connectivity index (χ3v) is 3.61. The largest absolute Gasteiger partial charge is 0.356 e. The lowest BCUT2D eigenvalue weighted by atomic mass is 10.1. The van der Waals surface area contributed by atoms with Crippen LogP contribution in [-0.4, -0.2) is 19.6 Å². The molecule has 0 atom stereocenters. The number of hydrogen-bond donors (Lipinski definition) is 2. The summed E-state index contributed by atoms with van der Waals surface area (Å²) in [5.41, 5.74) is 2.54. The number of nitrogens with zero attached hydrogens (tertiary/aromatic N) is 1. The zero-order valence-electron chi connectivity index (χ0n) is 12.1. The highest BCUT2D eigenvalue weighted by atomic mass is 79.9. The molecule has 0 unspecified atom stereocenters. The molecule has 0 amide bonds. The molecule has 2 aromatic rings. The minimum atomic E-state index is 0.754. The molecule has 2 rings (SSSR count). The third kappa shape index (κ3) is 5.60. The van der Waals surface area contributed by atoms with Crippen molar-refractivity contribution in [2.75, 3.05) is 13.6 Å². The van der Waals surface area contributed by atoms with Gasteiger partial charge in [0.15, 0.2) is 5.96 Å². The van der Waals surface area contributed by atoms with E-state index < -0.39 is 0 Å². The first-order chi connectivity index (χ1) is 10.3. The standard InChI is InChI=1S/C17H20BrN3/c1-19-17(20-11-10-14-6-3-2-4-7-14)21-13-15-8-5-9-16(18)12-15/h2-9,12H,10-11,13H2,1H3,(H2,19,20,21). The predicted molar refractivity (Wildman–Crippen MR) is 92.5 cm³/mol. The molecule has 0 heterocycles. The molecule has 0 saturated carbocycles. The summed E-state index contributed by atoms with van der Waals surface area (Å²) in [7, 11) is 1.79. The van der Waals surface area contributed by atoms with Crippen molar-refractivity contribution in [3.8, 4) is 0 Å². The molecule has 0 saturated heterocycles. The van der Waals surface area contributed by atoms with Gasteiger partial charge >= 0.3 is 0 Å². The van der Waals surface area contributed by atoms with Crippen LogP contribution in [0.2, 0.25) is 0 Å². The molecule has 0 aromatic heterocycles. The fourth-order valence-electron chi connectivity index (χ4n) is 2.02. The number of hydrogen-bond acceptors (Lipinski definition) is 1. The van der Waals surface area contributed by atoms with Crippen LogP contribution in [-0.2, 0) is 13.0 Å². The number of halogens is 1. The van der Waals surface area contributed by atoms with Crippen LogP contribution in [0.25, 0.3) is 0 Å². The first-order valence-corrected chi connectivity index (χ1v) is 7.80. The smallest absolute Gasteiger partial charge is 0.191 e. The van der Waals surface area contributed by atoms with E-state index in [9.17, 15) is 0 Å². The van der Waals surface area contributed by atoms with E-state index in [1.807, 2.05) is 18.2 Å². The normalized spacial score (nSPS) is 11.2. The van der Waals surface area contributed by atoms with E-state index in [-0.39, 0.29) is 0 Å². The maximum absolute atomic E-state index is 4.24. The number of benzene rings is 2. The molecule has 3 nitrogen and oxygen atoms in total. The highest BCUT2D eigenvalue weighted by Gasteiger charge is 1.99. The quantitative estimate of drug-likeness (QED) is 0.643. The van der Waals surface area contributed by atoms with E-state index in [0.717, 1.165) is 29.9 Å². The van der Waals surface area contributed by atoms with Crippen LogP contribution < -0.4 is 10.6 Å². The minimum absolute atomic E-state index is 0.754. The van der Waals surface area contributed by atoms with E-state index in [0.29, 0.717) is 0 Å². The molecule has 0 aliphatic rings. The van der Waals surface area contributed by atoms with Crippen molar-refractivity contribution in [1.29, 1.82) is 0 Å². The van der Waals surface area contributed by atoms with Crippen molar-refractivity contribution >= 4 is 21.9 Å². The molecule has 4 heteroatoms. The summed E-state index contributed by atoms with van der Waals surface area (Å²) in [5, 5.41) is 6.65. The Balaban J connectivity index is 1.76. The van der Waals surface area contributed by atoms with Crippen LogP contribution in [0, 0.1) is 0 Å². The summed E-state index contributed by atoms with van der Waals surface area (Å²) < 4.78 is 1.09. The molecule has 110 valence electrons. The molecular weight excluding hydrogens is 326 g/mol. The summed E-state index contributed by atoms with van der Waals surface area (Å²) in [6.45, 7) is 1.62. The van der Waals surface area contributed by atoms with Gasteiger partial charge in [0.2, 0.25) is 0 Å². The second kappa shape index (κ2) is 8.47. The summed E-state index contributed by atoms with van der Waals surface area (Å²) in [6, 6.07) is 18.7. The Morgan fingerprint density at radius 2 is 1.76 bits per heavy atom. The Labute approximate surface area is 134 Å². The summed E-state index contributed by atoms with van der Waals surface area (Å²) in [4.78, 5) is 4.24. The SMILES string of the molecule is CN=C(NCCc1ccccc1)NCc1cccc(Br)c1. The van der Waals surface area contributed by atoms with Crippen molar-refractivity contribution in [1.82, 2.24) is 10.6 Å². The Kier molecular flexibility index (Phi) is 6.28. The Morgan fingerprint density at radius 1 is 1.00 bits per heavy atom. The van der Waals surface area contributed by atoms with Crippen LogP contribution in [0.15, 0.2) is 64.1 Å². The lowest BCUT2D eigenvalue weighted by Crippen LogP contribution is -2.37. The first-order valence-electron chi connectivity index (χ1n) is 7.01. The average Bonchev–Trinajstić information content (AvgIpc) is 2.52. The van der Waals surface area contributed by atoms with E-state index in [4.69, 9.17) is 0 Å². The van der Waals surface area contributed by atoms with Crippen LogP contribution >= 0.6 is 15.9 Å². The van der Waals surface area contributed by atoms with Crippen LogP contribution in [0.5, 0.6) is 0 Å². The maximum atomic E-state index is 4.24. The van der Waals surface area contributed by atoms with E-state index in [2.05, 4.69) is 68.0 Å². The zero-order valence-corrected chi connectivity index (χ0v) is 13.7. The van der Waals surface area contributed by atoms with Crippen LogP contribution in [0.1, 0.15) is 11.1 Å².